The lowest BCUT2D eigenvalue weighted by Crippen LogP contribution is -2.45. The first kappa shape index (κ1) is 25.6. The van der Waals surface area contributed by atoms with Crippen molar-refractivity contribution in [2.45, 2.75) is 83.9 Å². The number of nitro benzene ring substituents is 1. The van der Waals surface area contributed by atoms with Gasteiger partial charge in [-0.05, 0) is 64.3 Å². The highest BCUT2D eigenvalue weighted by Gasteiger charge is 2.33. The second-order valence-corrected chi connectivity index (χ2v) is 9.38. The molecular formula is C26H32F2N2O4. The molecule has 1 unspecified atom stereocenters. The van der Waals surface area contributed by atoms with Gasteiger partial charge in [0.1, 0.15) is 17.2 Å². The van der Waals surface area contributed by atoms with E-state index in [4.69, 9.17) is 4.74 Å². The lowest BCUT2D eigenvalue weighted by atomic mass is 9.92. The first-order chi connectivity index (χ1) is 16.1. The smallest absolute Gasteiger partial charge is 0.311 e. The second kappa shape index (κ2) is 10.5. The Hall–Kier alpha value is -3.03. The SMILES string of the molecule is CCC(C)(Oc1ccc(C(=O)N(C(C)C)C2CCCCC2)cc1[N+](=O)[O-])c1cc(F)cc(F)c1. The zero-order valence-electron chi connectivity index (χ0n) is 20.1. The molecule has 1 fully saturated rings. The Morgan fingerprint density at radius 3 is 2.29 bits per heavy atom. The van der Waals surface area contributed by atoms with E-state index in [1.807, 2.05) is 18.7 Å². The highest BCUT2D eigenvalue weighted by atomic mass is 19.1. The average molecular weight is 475 g/mol. The van der Waals surface area contributed by atoms with Crippen molar-refractivity contribution in [3.63, 3.8) is 0 Å². The van der Waals surface area contributed by atoms with Crippen LogP contribution in [0.15, 0.2) is 36.4 Å². The Balaban J connectivity index is 1.96. The van der Waals surface area contributed by atoms with Gasteiger partial charge >= 0.3 is 5.69 Å². The van der Waals surface area contributed by atoms with Gasteiger partial charge in [-0.25, -0.2) is 8.78 Å². The van der Waals surface area contributed by atoms with Gasteiger partial charge in [0, 0.05) is 35.3 Å². The Labute approximate surface area is 199 Å². The molecule has 0 aliphatic heterocycles. The van der Waals surface area contributed by atoms with Crippen LogP contribution in [-0.2, 0) is 5.60 Å². The minimum Gasteiger partial charge on any atom is -0.476 e. The number of nitro groups is 1. The quantitative estimate of drug-likeness (QED) is 0.313. The highest BCUT2D eigenvalue weighted by molar-refractivity contribution is 5.95. The fraction of sp³-hybridized carbons (Fsp3) is 0.500. The molecule has 0 spiro atoms. The van der Waals surface area contributed by atoms with Crippen LogP contribution in [0, 0.1) is 21.7 Å². The van der Waals surface area contributed by atoms with Crippen molar-refractivity contribution >= 4 is 11.6 Å². The van der Waals surface area contributed by atoms with E-state index < -0.39 is 22.2 Å². The van der Waals surface area contributed by atoms with Crippen LogP contribution in [-0.4, -0.2) is 27.8 Å². The molecule has 6 nitrogen and oxygen atoms in total. The molecule has 1 atom stereocenters. The van der Waals surface area contributed by atoms with E-state index >= 15 is 0 Å². The maximum atomic E-state index is 13.8. The van der Waals surface area contributed by atoms with E-state index in [2.05, 4.69) is 0 Å². The molecule has 0 saturated heterocycles. The van der Waals surface area contributed by atoms with Gasteiger partial charge in [0.25, 0.3) is 5.91 Å². The Morgan fingerprint density at radius 1 is 1.15 bits per heavy atom. The second-order valence-electron chi connectivity index (χ2n) is 9.38. The summed E-state index contributed by atoms with van der Waals surface area (Å²) in [5.74, 6) is -1.83. The number of hydrogen-bond acceptors (Lipinski definition) is 4. The number of nitrogens with zero attached hydrogens (tertiary/aromatic N) is 2. The van der Waals surface area contributed by atoms with E-state index in [1.165, 1.54) is 18.2 Å². The molecule has 0 aromatic heterocycles. The number of carbonyl (C=O) groups is 1. The molecule has 1 aliphatic carbocycles. The van der Waals surface area contributed by atoms with Gasteiger partial charge in [-0.15, -0.1) is 0 Å². The maximum absolute atomic E-state index is 13.8. The lowest BCUT2D eigenvalue weighted by Gasteiger charge is -2.37. The number of carbonyl (C=O) groups excluding carboxylic acids is 1. The molecule has 2 aromatic carbocycles. The summed E-state index contributed by atoms with van der Waals surface area (Å²) < 4.78 is 33.7. The van der Waals surface area contributed by atoms with Gasteiger partial charge in [0.05, 0.1) is 4.92 Å². The van der Waals surface area contributed by atoms with Gasteiger partial charge in [0.15, 0.2) is 5.75 Å². The van der Waals surface area contributed by atoms with Gasteiger partial charge in [-0.3, -0.25) is 14.9 Å². The molecule has 2 aromatic rings. The van der Waals surface area contributed by atoms with Crippen LogP contribution < -0.4 is 4.74 Å². The Bertz CT molecular complexity index is 1030. The first-order valence-electron chi connectivity index (χ1n) is 11.8. The van der Waals surface area contributed by atoms with E-state index in [9.17, 15) is 23.7 Å². The molecule has 0 radical (unpaired) electrons. The minimum atomic E-state index is -1.22. The lowest BCUT2D eigenvalue weighted by molar-refractivity contribution is -0.386. The molecule has 1 saturated carbocycles. The summed E-state index contributed by atoms with van der Waals surface area (Å²) in [6.07, 6.45) is 5.42. The van der Waals surface area contributed by atoms with Crippen LogP contribution in [0.2, 0.25) is 0 Å². The van der Waals surface area contributed by atoms with Crippen molar-refractivity contribution in [2.24, 2.45) is 0 Å². The predicted octanol–water partition coefficient (Wildman–Crippen LogP) is 6.76. The third-order valence-electron chi connectivity index (χ3n) is 6.64. The van der Waals surface area contributed by atoms with Crippen LogP contribution in [0.3, 0.4) is 0 Å². The highest BCUT2D eigenvalue weighted by Crippen LogP contribution is 2.38. The zero-order chi connectivity index (χ0) is 25.0. The summed E-state index contributed by atoms with van der Waals surface area (Å²) in [5.41, 5.74) is -1.14. The van der Waals surface area contributed by atoms with E-state index in [-0.39, 0.29) is 40.6 Å². The van der Waals surface area contributed by atoms with Crippen molar-refractivity contribution in [3.8, 4) is 5.75 Å². The normalized spacial score (nSPS) is 16.2. The fourth-order valence-electron chi connectivity index (χ4n) is 4.65. The number of rotatable bonds is 8. The molecule has 1 amide bonds. The number of halogens is 2. The van der Waals surface area contributed by atoms with Crippen LogP contribution in [0.25, 0.3) is 0 Å². The van der Waals surface area contributed by atoms with Gasteiger partial charge in [-0.1, -0.05) is 26.2 Å². The van der Waals surface area contributed by atoms with Crippen molar-refractivity contribution < 1.29 is 23.2 Å². The summed E-state index contributed by atoms with van der Waals surface area (Å²) in [5, 5.41) is 11.9. The molecule has 0 N–H and O–H groups in total. The summed E-state index contributed by atoms with van der Waals surface area (Å²) in [6, 6.07) is 7.29. The topological polar surface area (TPSA) is 72.7 Å². The fourth-order valence-corrected chi connectivity index (χ4v) is 4.65. The van der Waals surface area contributed by atoms with E-state index in [1.54, 1.807) is 13.8 Å². The third kappa shape index (κ3) is 5.54. The summed E-state index contributed by atoms with van der Waals surface area (Å²) in [4.78, 5) is 26.5. The average Bonchev–Trinajstić information content (AvgIpc) is 2.79. The monoisotopic (exact) mass is 474 g/mol. The summed E-state index contributed by atoms with van der Waals surface area (Å²) in [6.45, 7) is 7.28. The molecular weight excluding hydrogens is 442 g/mol. The molecule has 1 aliphatic rings. The van der Waals surface area contributed by atoms with Gasteiger partial charge in [0.2, 0.25) is 0 Å². The van der Waals surface area contributed by atoms with Crippen molar-refractivity contribution in [2.75, 3.05) is 0 Å². The molecule has 34 heavy (non-hydrogen) atoms. The number of benzene rings is 2. The van der Waals surface area contributed by atoms with Crippen LogP contribution >= 0.6 is 0 Å². The molecule has 184 valence electrons. The van der Waals surface area contributed by atoms with Crippen molar-refractivity contribution in [1.82, 2.24) is 4.90 Å². The van der Waals surface area contributed by atoms with Crippen LogP contribution in [0.1, 0.15) is 82.1 Å². The number of ether oxygens (including phenoxy) is 1. The number of hydrogen-bond donors (Lipinski definition) is 0. The predicted molar refractivity (Wildman–Crippen MR) is 126 cm³/mol. The molecule has 3 rings (SSSR count). The largest absolute Gasteiger partial charge is 0.476 e. The maximum Gasteiger partial charge on any atom is 0.311 e. The van der Waals surface area contributed by atoms with Crippen LogP contribution in [0.5, 0.6) is 5.75 Å². The third-order valence-corrected chi connectivity index (χ3v) is 6.64. The van der Waals surface area contributed by atoms with Crippen molar-refractivity contribution in [1.29, 1.82) is 0 Å². The number of amides is 1. The summed E-state index contributed by atoms with van der Waals surface area (Å²) in [7, 11) is 0. The van der Waals surface area contributed by atoms with Gasteiger partial charge in [-0.2, -0.15) is 0 Å². The van der Waals surface area contributed by atoms with Gasteiger partial charge < -0.3 is 9.64 Å². The van der Waals surface area contributed by atoms with E-state index in [0.29, 0.717) is 6.42 Å². The molecule has 8 heteroatoms. The van der Waals surface area contributed by atoms with E-state index in [0.717, 1.165) is 50.3 Å². The zero-order valence-corrected chi connectivity index (χ0v) is 20.1. The van der Waals surface area contributed by atoms with Crippen LogP contribution in [0.4, 0.5) is 14.5 Å². The standard InChI is InChI=1S/C26H32F2N2O4/c1-5-26(4,19-14-20(27)16-21(28)15-19)34-24-12-11-18(13-23(24)30(32)33)25(31)29(17(2)3)22-9-7-6-8-10-22/h11-17,22H,5-10H2,1-4H3. The first-order valence-corrected chi connectivity index (χ1v) is 11.8. The Morgan fingerprint density at radius 2 is 1.76 bits per heavy atom. The summed E-state index contributed by atoms with van der Waals surface area (Å²) >= 11 is 0. The van der Waals surface area contributed by atoms with Crippen molar-refractivity contribution in [3.05, 3.63) is 69.3 Å². The molecule has 0 heterocycles. The molecule has 0 bridgehead atoms. The Kier molecular flexibility index (Phi) is 7.89. The minimum absolute atomic E-state index is 0.0446.